The van der Waals surface area contributed by atoms with E-state index in [1.165, 1.54) is 24.4 Å². The molecule has 1 heterocycles. The smallest absolute Gasteiger partial charge is 0.260 e. The predicted molar refractivity (Wildman–Crippen MR) is 83.4 cm³/mol. The molecule has 7 nitrogen and oxygen atoms in total. The Hall–Kier alpha value is -3.35. The third-order valence-corrected chi connectivity index (χ3v) is 3.00. The summed E-state index contributed by atoms with van der Waals surface area (Å²) in [5.41, 5.74) is 3.29. The number of aromatic amines is 1. The topological polar surface area (TPSA) is 111 Å². The summed E-state index contributed by atoms with van der Waals surface area (Å²) in [5, 5.41) is 23.2. The molecule has 0 unspecified atom stereocenters. The van der Waals surface area contributed by atoms with Crippen molar-refractivity contribution in [1.82, 2.24) is 9.97 Å². The van der Waals surface area contributed by atoms with Crippen molar-refractivity contribution in [3.63, 3.8) is 0 Å². The van der Waals surface area contributed by atoms with E-state index in [0.29, 0.717) is 16.5 Å². The Morgan fingerprint density at radius 2 is 2.00 bits per heavy atom. The predicted octanol–water partition coefficient (Wildman–Crippen LogP) is 1.78. The van der Waals surface area contributed by atoms with E-state index in [4.69, 9.17) is 0 Å². The van der Waals surface area contributed by atoms with Gasteiger partial charge in [-0.25, -0.2) is 10.4 Å². The fourth-order valence-electron chi connectivity index (χ4n) is 1.94. The number of aromatic nitrogens is 2. The lowest BCUT2D eigenvalue weighted by Crippen LogP contribution is -2.10. The molecule has 3 aromatic rings. The van der Waals surface area contributed by atoms with E-state index in [-0.39, 0.29) is 23.0 Å². The molecule has 0 aliphatic rings. The first-order chi connectivity index (χ1) is 10.6. The van der Waals surface area contributed by atoms with E-state index in [2.05, 4.69) is 20.5 Å². The maximum Gasteiger partial charge on any atom is 0.260 e. The van der Waals surface area contributed by atoms with Crippen LogP contribution in [0, 0.1) is 0 Å². The maximum absolute atomic E-state index is 11.9. The Morgan fingerprint density at radius 3 is 2.82 bits per heavy atom. The summed E-state index contributed by atoms with van der Waals surface area (Å²) in [6.07, 6.45) is 1.35. The number of phenols is 2. The van der Waals surface area contributed by atoms with E-state index in [0.717, 1.165) is 0 Å². The minimum absolute atomic E-state index is 0.0388. The van der Waals surface area contributed by atoms with Gasteiger partial charge < -0.3 is 10.2 Å². The van der Waals surface area contributed by atoms with Gasteiger partial charge in [-0.1, -0.05) is 12.1 Å². The highest BCUT2D eigenvalue weighted by Crippen LogP contribution is 2.20. The van der Waals surface area contributed by atoms with Gasteiger partial charge in [0.2, 0.25) is 5.95 Å². The molecule has 7 heteroatoms. The number of fused-ring (bicyclic) bond motifs is 1. The van der Waals surface area contributed by atoms with Crippen LogP contribution in [0.1, 0.15) is 5.56 Å². The summed E-state index contributed by atoms with van der Waals surface area (Å²) < 4.78 is 0. The van der Waals surface area contributed by atoms with Crippen LogP contribution >= 0.6 is 0 Å². The third-order valence-electron chi connectivity index (χ3n) is 3.00. The Kier molecular flexibility index (Phi) is 3.45. The fourth-order valence-corrected chi connectivity index (χ4v) is 1.94. The van der Waals surface area contributed by atoms with Gasteiger partial charge in [-0.05, 0) is 24.3 Å². The first-order valence-electron chi connectivity index (χ1n) is 6.43. The monoisotopic (exact) mass is 296 g/mol. The first kappa shape index (κ1) is 13.6. The molecule has 0 spiro atoms. The molecule has 0 bridgehead atoms. The molecule has 2 aromatic carbocycles. The highest BCUT2D eigenvalue weighted by Gasteiger charge is 2.02. The summed E-state index contributed by atoms with van der Waals surface area (Å²) in [4.78, 5) is 18.7. The standard InChI is InChI=1S/C15H12N4O3/c20-10-6-5-9(13(21)7-10)8-16-19-15-17-12-4-2-1-3-11(12)14(22)18-15/h1-8,20-21H,(H2,17,18,19,22). The van der Waals surface area contributed by atoms with Crippen molar-refractivity contribution in [2.75, 3.05) is 5.43 Å². The number of hydrogen-bond acceptors (Lipinski definition) is 6. The number of hydrazone groups is 1. The normalized spacial score (nSPS) is 11.1. The van der Waals surface area contributed by atoms with Crippen LogP contribution in [0.25, 0.3) is 10.9 Å². The molecule has 110 valence electrons. The number of para-hydroxylation sites is 1. The lowest BCUT2D eigenvalue weighted by molar-refractivity contribution is 0.450. The van der Waals surface area contributed by atoms with Crippen molar-refractivity contribution in [2.45, 2.75) is 0 Å². The Balaban J connectivity index is 1.84. The lowest BCUT2D eigenvalue weighted by Gasteiger charge is -2.02. The SMILES string of the molecule is O=c1[nH]c(NN=Cc2ccc(O)cc2O)nc2ccccc12. The minimum atomic E-state index is -0.268. The average molecular weight is 296 g/mol. The lowest BCUT2D eigenvalue weighted by atomic mass is 10.2. The van der Waals surface area contributed by atoms with E-state index < -0.39 is 0 Å². The Labute approximate surface area is 124 Å². The molecule has 4 N–H and O–H groups in total. The molecule has 0 atom stereocenters. The number of nitrogens with one attached hydrogen (secondary N) is 2. The second-order valence-electron chi connectivity index (χ2n) is 4.54. The number of H-pyrrole nitrogens is 1. The highest BCUT2D eigenvalue weighted by molar-refractivity contribution is 5.84. The molecule has 0 radical (unpaired) electrons. The van der Waals surface area contributed by atoms with Crippen LogP contribution in [0.4, 0.5) is 5.95 Å². The molecule has 22 heavy (non-hydrogen) atoms. The van der Waals surface area contributed by atoms with Crippen molar-refractivity contribution < 1.29 is 10.2 Å². The minimum Gasteiger partial charge on any atom is -0.508 e. The van der Waals surface area contributed by atoms with Crippen molar-refractivity contribution in [3.8, 4) is 11.5 Å². The molecule has 0 fully saturated rings. The van der Waals surface area contributed by atoms with E-state index in [1.54, 1.807) is 24.3 Å². The number of hydrogen-bond donors (Lipinski definition) is 4. The zero-order chi connectivity index (χ0) is 15.5. The number of benzene rings is 2. The molecular weight excluding hydrogens is 284 g/mol. The number of phenolic OH excluding ortho intramolecular Hbond substituents is 2. The van der Waals surface area contributed by atoms with Crippen molar-refractivity contribution >= 4 is 23.1 Å². The first-order valence-corrected chi connectivity index (χ1v) is 6.43. The maximum atomic E-state index is 11.9. The quantitative estimate of drug-likeness (QED) is 0.435. The van der Waals surface area contributed by atoms with Crippen LogP contribution in [-0.2, 0) is 0 Å². The van der Waals surface area contributed by atoms with Crippen LogP contribution in [0.2, 0.25) is 0 Å². The van der Waals surface area contributed by atoms with Gasteiger partial charge in [-0.2, -0.15) is 5.10 Å². The molecular formula is C15H12N4O3. The van der Waals surface area contributed by atoms with Gasteiger partial charge >= 0.3 is 0 Å². The molecule has 0 saturated carbocycles. The van der Waals surface area contributed by atoms with Crippen LogP contribution in [0.3, 0.4) is 0 Å². The van der Waals surface area contributed by atoms with Gasteiger partial charge in [0.05, 0.1) is 17.1 Å². The van der Waals surface area contributed by atoms with Gasteiger partial charge in [0, 0.05) is 11.6 Å². The average Bonchev–Trinajstić information content (AvgIpc) is 2.50. The molecule has 3 rings (SSSR count). The second kappa shape index (κ2) is 5.57. The molecule has 1 aromatic heterocycles. The Morgan fingerprint density at radius 1 is 1.18 bits per heavy atom. The highest BCUT2D eigenvalue weighted by atomic mass is 16.3. The zero-order valence-corrected chi connectivity index (χ0v) is 11.3. The van der Waals surface area contributed by atoms with Gasteiger partial charge in [0.25, 0.3) is 5.56 Å². The van der Waals surface area contributed by atoms with E-state index in [9.17, 15) is 15.0 Å². The number of rotatable bonds is 3. The van der Waals surface area contributed by atoms with Gasteiger partial charge in [0.15, 0.2) is 0 Å². The van der Waals surface area contributed by atoms with Gasteiger partial charge in [0.1, 0.15) is 11.5 Å². The number of aromatic hydroxyl groups is 2. The number of nitrogens with zero attached hydrogens (tertiary/aromatic N) is 2. The van der Waals surface area contributed by atoms with Gasteiger partial charge in [-0.3, -0.25) is 9.78 Å². The van der Waals surface area contributed by atoms with E-state index in [1.807, 2.05) is 0 Å². The Bertz CT molecular complexity index is 918. The van der Waals surface area contributed by atoms with Crippen molar-refractivity contribution in [3.05, 3.63) is 58.4 Å². The molecule has 0 saturated heterocycles. The molecule has 0 amide bonds. The molecule has 0 aliphatic carbocycles. The van der Waals surface area contributed by atoms with E-state index >= 15 is 0 Å². The summed E-state index contributed by atoms with van der Waals surface area (Å²) >= 11 is 0. The van der Waals surface area contributed by atoms with Crippen molar-refractivity contribution in [1.29, 1.82) is 0 Å². The third kappa shape index (κ3) is 2.73. The summed E-state index contributed by atoms with van der Waals surface area (Å²) in [5.74, 6) is 0.0480. The van der Waals surface area contributed by atoms with Crippen LogP contribution in [0.5, 0.6) is 11.5 Å². The largest absolute Gasteiger partial charge is 0.508 e. The van der Waals surface area contributed by atoms with Crippen LogP contribution in [-0.4, -0.2) is 26.4 Å². The number of anilines is 1. The fraction of sp³-hybridized carbons (Fsp3) is 0. The summed E-state index contributed by atoms with van der Waals surface area (Å²) in [6.45, 7) is 0. The van der Waals surface area contributed by atoms with Gasteiger partial charge in [-0.15, -0.1) is 0 Å². The zero-order valence-electron chi connectivity index (χ0n) is 11.3. The molecule has 0 aliphatic heterocycles. The summed E-state index contributed by atoms with van der Waals surface area (Å²) in [6, 6.07) is 11.1. The van der Waals surface area contributed by atoms with Crippen LogP contribution in [0.15, 0.2) is 52.4 Å². The van der Waals surface area contributed by atoms with Crippen LogP contribution < -0.4 is 11.0 Å². The second-order valence-corrected chi connectivity index (χ2v) is 4.54. The van der Waals surface area contributed by atoms with Crippen molar-refractivity contribution in [2.24, 2.45) is 5.10 Å². The summed E-state index contributed by atoms with van der Waals surface area (Å²) in [7, 11) is 0.